The minimum absolute atomic E-state index is 0.191. The van der Waals surface area contributed by atoms with Gasteiger partial charge in [0.1, 0.15) is 0 Å². The smallest absolute Gasteiger partial charge is 0.168 e. The Bertz CT molecular complexity index is 377. The molecule has 1 aliphatic rings. The molecule has 0 aromatic carbocycles. The Balaban J connectivity index is 1.99. The molecule has 1 aromatic rings. The highest BCUT2D eigenvalue weighted by Crippen LogP contribution is 2.44. The maximum Gasteiger partial charge on any atom is 0.168 e. The Hall–Kier alpha value is -1.83. The summed E-state index contributed by atoms with van der Waals surface area (Å²) in [5.74, 6) is 0.940. The van der Waals surface area contributed by atoms with Gasteiger partial charge in [-0.3, -0.25) is 0 Å². The average Bonchev–Trinajstić information content (AvgIpc) is 2.98. The Morgan fingerprint density at radius 2 is 2.21 bits per heavy atom. The molecule has 5 nitrogen and oxygen atoms in total. The van der Waals surface area contributed by atoms with Crippen molar-refractivity contribution < 1.29 is 0 Å². The van der Waals surface area contributed by atoms with Crippen LogP contribution < -0.4 is 11.1 Å². The quantitative estimate of drug-likeness (QED) is 0.733. The molecule has 0 aliphatic heterocycles. The Morgan fingerprint density at radius 3 is 2.79 bits per heavy atom. The largest absolute Gasteiger partial charge is 0.381 e. The third-order valence-electron chi connectivity index (χ3n) is 2.41. The first kappa shape index (κ1) is 8.75. The highest BCUT2D eigenvalue weighted by Gasteiger charge is 2.43. The zero-order valence-corrected chi connectivity index (χ0v) is 7.70. The summed E-state index contributed by atoms with van der Waals surface area (Å²) in [7, 11) is 0. The van der Waals surface area contributed by atoms with E-state index in [1.807, 2.05) is 0 Å². The van der Waals surface area contributed by atoms with Crippen molar-refractivity contribution in [1.29, 1.82) is 5.26 Å². The third-order valence-corrected chi connectivity index (χ3v) is 2.41. The Labute approximate surface area is 82.0 Å². The van der Waals surface area contributed by atoms with E-state index in [0.717, 1.165) is 12.8 Å². The number of hydrogen-bond acceptors (Lipinski definition) is 5. The Morgan fingerprint density at radius 1 is 1.50 bits per heavy atom. The monoisotopic (exact) mass is 189 g/mol. The molecule has 5 heteroatoms. The first-order valence-corrected chi connectivity index (χ1v) is 4.47. The molecule has 0 bridgehead atoms. The van der Waals surface area contributed by atoms with Crippen LogP contribution in [0.4, 0.5) is 11.6 Å². The molecule has 1 aromatic heterocycles. The lowest BCUT2D eigenvalue weighted by atomic mass is 10.1. The predicted molar refractivity (Wildman–Crippen MR) is 52.2 cm³/mol. The predicted octanol–water partition coefficient (Wildman–Crippen LogP) is 0.774. The van der Waals surface area contributed by atoms with Crippen LogP contribution in [-0.2, 0) is 0 Å². The van der Waals surface area contributed by atoms with E-state index in [0.29, 0.717) is 18.2 Å². The van der Waals surface area contributed by atoms with Gasteiger partial charge in [0, 0.05) is 18.9 Å². The summed E-state index contributed by atoms with van der Waals surface area (Å²) in [4.78, 5) is 7.93. The summed E-state index contributed by atoms with van der Waals surface area (Å²) < 4.78 is 0. The SMILES string of the molecule is N#CC1(CNc2nccnc2N)CC1. The van der Waals surface area contributed by atoms with Gasteiger partial charge in [0.15, 0.2) is 11.6 Å². The second kappa shape index (κ2) is 3.14. The summed E-state index contributed by atoms with van der Waals surface area (Å²) in [5.41, 5.74) is 5.40. The van der Waals surface area contributed by atoms with Crippen LogP contribution in [0.3, 0.4) is 0 Å². The van der Waals surface area contributed by atoms with Crippen LogP contribution >= 0.6 is 0 Å². The van der Waals surface area contributed by atoms with Crippen LogP contribution in [0.15, 0.2) is 12.4 Å². The fraction of sp³-hybridized carbons (Fsp3) is 0.444. The molecule has 0 atom stereocenters. The van der Waals surface area contributed by atoms with Crippen molar-refractivity contribution in [2.24, 2.45) is 5.41 Å². The number of nitrogens with zero attached hydrogens (tertiary/aromatic N) is 3. The van der Waals surface area contributed by atoms with Gasteiger partial charge < -0.3 is 11.1 Å². The van der Waals surface area contributed by atoms with Gasteiger partial charge in [-0.25, -0.2) is 9.97 Å². The molecular formula is C9H11N5. The second-order valence-electron chi connectivity index (χ2n) is 3.54. The summed E-state index contributed by atoms with van der Waals surface area (Å²) in [5, 5.41) is 11.9. The third kappa shape index (κ3) is 1.59. The van der Waals surface area contributed by atoms with E-state index < -0.39 is 0 Å². The van der Waals surface area contributed by atoms with Gasteiger partial charge >= 0.3 is 0 Å². The van der Waals surface area contributed by atoms with Crippen molar-refractivity contribution in [2.75, 3.05) is 17.6 Å². The van der Waals surface area contributed by atoms with Gasteiger partial charge in [0.05, 0.1) is 11.5 Å². The first-order valence-electron chi connectivity index (χ1n) is 4.47. The molecule has 0 spiro atoms. The zero-order valence-electron chi connectivity index (χ0n) is 7.70. The fourth-order valence-corrected chi connectivity index (χ4v) is 1.22. The minimum atomic E-state index is -0.191. The lowest BCUT2D eigenvalue weighted by molar-refractivity contribution is 0.709. The lowest BCUT2D eigenvalue weighted by Gasteiger charge is -2.09. The fourth-order valence-electron chi connectivity index (χ4n) is 1.22. The number of nitrogens with one attached hydrogen (secondary N) is 1. The van der Waals surface area contributed by atoms with E-state index in [9.17, 15) is 0 Å². The molecule has 1 fully saturated rings. The molecule has 3 N–H and O–H groups in total. The van der Waals surface area contributed by atoms with Crippen molar-refractivity contribution in [3.05, 3.63) is 12.4 Å². The molecule has 0 amide bonds. The highest BCUT2D eigenvalue weighted by molar-refractivity contribution is 5.55. The van der Waals surface area contributed by atoms with Crippen LogP contribution in [0, 0.1) is 16.7 Å². The van der Waals surface area contributed by atoms with Crippen molar-refractivity contribution in [3.8, 4) is 6.07 Å². The number of anilines is 2. The zero-order chi connectivity index (χ0) is 10.0. The standard InChI is InChI=1S/C9H11N5/c10-5-9(1-2-9)6-14-8-7(11)12-3-4-13-8/h3-4H,1-2,6H2,(H2,11,12)(H,13,14). The van der Waals surface area contributed by atoms with Crippen LogP contribution in [0.1, 0.15) is 12.8 Å². The lowest BCUT2D eigenvalue weighted by Crippen LogP contribution is -2.15. The van der Waals surface area contributed by atoms with Crippen molar-refractivity contribution in [1.82, 2.24) is 9.97 Å². The molecular weight excluding hydrogens is 178 g/mol. The van der Waals surface area contributed by atoms with E-state index in [4.69, 9.17) is 11.0 Å². The molecule has 0 saturated heterocycles. The van der Waals surface area contributed by atoms with Crippen molar-refractivity contribution in [3.63, 3.8) is 0 Å². The van der Waals surface area contributed by atoms with Gasteiger partial charge in [0.2, 0.25) is 0 Å². The van der Waals surface area contributed by atoms with Crippen LogP contribution in [0.25, 0.3) is 0 Å². The van der Waals surface area contributed by atoms with Gasteiger partial charge in [-0.2, -0.15) is 5.26 Å². The maximum absolute atomic E-state index is 8.85. The Kier molecular flexibility index (Phi) is 1.97. The number of nitriles is 1. The number of nitrogen functional groups attached to an aromatic ring is 1. The highest BCUT2D eigenvalue weighted by atomic mass is 15.1. The molecule has 1 heterocycles. The number of aromatic nitrogens is 2. The maximum atomic E-state index is 8.85. The second-order valence-corrected chi connectivity index (χ2v) is 3.54. The molecule has 1 aliphatic carbocycles. The van der Waals surface area contributed by atoms with Crippen molar-refractivity contribution >= 4 is 11.6 Å². The molecule has 2 rings (SSSR count). The van der Waals surface area contributed by atoms with E-state index in [1.165, 1.54) is 6.20 Å². The van der Waals surface area contributed by atoms with E-state index in [2.05, 4.69) is 21.4 Å². The van der Waals surface area contributed by atoms with Gasteiger partial charge in [-0.15, -0.1) is 0 Å². The van der Waals surface area contributed by atoms with Crippen LogP contribution in [-0.4, -0.2) is 16.5 Å². The summed E-state index contributed by atoms with van der Waals surface area (Å²) in [6.45, 7) is 0.604. The summed E-state index contributed by atoms with van der Waals surface area (Å²) >= 11 is 0. The minimum Gasteiger partial charge on any atom is -0.381 e. The van der Waals surface area contributed by atoms with Gasteiger partial charge in [0.25, 0.3) is 0 Å². The van der Waals surface area contributed by atoms with E-state index in [-0.39, 0.29) is 5.41 Å². The molecule has 0 unspecified atom stereocenters. The average molecular weight is 189 g/mol. The molecule has 72 valence electrons. The molecule has 1 saturated carbocycles. The number of hydrogen-bond donors (Lipinski definition) is 2. The van der Waals surface area contributed by atoms with Crippen LogP contribution in [0.2, 0.25) is 0 Å². The topological polar surface area (TPSA) is 87.6 Å². The van der Waals surface area contributed by atoms with Crippen molar-refractivity contribution in [2.45, 2.75) is 12.8 Å². The molecule has 14 heavy (non-hydrogen) atoms. The normalized spacial score (nSPS) is 17.1. The summed E-state index contributed by atoms with van der Waals surface area (Å²) in [6.07, 6.45) is 5.02. The van der Waals surface area contributed by atoms with E-state index >= 15 is 0 Å². The van der Waals surface area contributed by atoms with E-state index in [1.54, 1.807) is 6.20 Å². The first-order chi connectivity index (χ1) is 6.76. The number of nitrogens with two attached hydrogens (primary N) is 1. The van der Waals surface area contributed by atoms with Gasteiger partial charge in [-0.05, 0) is 12.8 Å². The van der Waals surface area contributed by atoms with Crippen LogP contribution in [0.5, 0.6) is 0 Å². The number of rotatable bonds is 3. The van der Waals surface area contributed by atoms with Gasteiger partial charge in [-0.1, -0.05) is 0 Å². The molecule has 0 radical (unpaired) electrons. The summed E-state index contributed by atoms with van der Waals surface area (Å²) in [6, 6.07) is 2.29.